The van der Waals surface area contributed by atoms with E-state index in [1.807, 2.05) is 0 Å². The summed E-state index contributed by atoms with van der Waals surface area (Å²) in [6.45, 7) is 1.21. The molecule has 5 nitrogen and oxygen atoms in total. The number of nitrogens with one attached hydrogen (secondary N) is 1. The van der Waals surface area contributed by atoms with Gasteiger partial charge in [0.25, 0.3) is 5.91 Å². The van der Waals surface area contributed by atoms with E-state index in [4.69, 9.17) is 16.3 Å². The third-order valence-electron chi connectivity index (χ3n) is 4.31. The number of rotatable bonds is 4. The molecule has 1 heterocycles. The summed E-state index contributed by atoms with van der Waals surface area (Å²) in [5, 5.41) is 2.85. The summed E-state index contributed by atoms with van der Waals surface area (Å²) >= 11 is 5.97. The Morgan fingerprint density at radius 3 is 2.62 bits per heavy atom. The van der Waals surface area contributed by atoms with Crippen molar-refractivity contribution >= 4 is 23.5 Å². The molecule has 0 saturated carbocycles. The van der Waals surface area contributed by atoms with Gasteiger partial charge in [-0.3, -0.25) is 9.69 Å². The van der Waals surface area contributed by atoms with E-state index >= 15 is 0 Å². The molecule has 3 rings (SSSR count). The van der Waals surface area contributed by atoms with Crippen molar-refractivity contribution < 1.29 is 23.1 Å². The average Bonchev–Trinajstić information content (AvgIpc) is 2.81. The highest BCUT2D eigenvalue weighted by molar-refractivity contribution is 6.30. The summed E-state index contributed by atoms with van der Waals surface area (Å²) in [4.78, 5) is 26.1. The summed E-state index contributed by atoms with van der Waals surface area (Å²) < 4.78 is 32.9. The van der Waals surface area contributed by atoms with Gasteiger partial charge in [0.05, 0.1) is 13.7 Å². The SMILES string of the molecule is COc1ccc(Cl)cc1CN1C(=O)N[C@@](C)(c2cc(F)ccc2F)C1=O. The summed E-state index contributed by atoms with van der Waals surface area (Å²) in [5.74, 6) is -1.75. The molecule has 1 fully saturated rings. The molecule has 2 aromatic carbocycles. The molecule has 1 atom stereocenters. The number of methoxy groups -OCH3 is 1. The Labute approximate surface area is 153 Å². The topological polar surface area (TPSA) is 58.6 Å². The first kappa shape index (κ1) is 18.1. The van der Waals surface area contributed by atoms with Crippen LogP contribution < -0.4 is 10.1 Å². The number of amides is 3. The van der Waals surface area contributed by atoms with E-state index in [0.29, 0.717) is 16.3 Å². The van der Waals surface area contributed by atoms with Crippen molar-refractivity contribution in [2.24, 2.45) is 0 Å². The van der Waals surface area contributed by atoms with Crippen molar-refractivity contribution in [1.82, 2.24) is 10.2 Å². The molecule has 1 saturated heterocycles. The minimum absolute atomic E-state index is 0.124. The molecule has 1 aliphatic rings. The molecule has 3 amide bonds. The van der Waals surface area contributed by atoms with Crippen LogP contribution in [0.15, 0.2) is 36.4 Å². The van der Waals surface area contributed by atoms with Gasteiger partial charge in [-0.15, -0.1) is 0 Å². The van der Waals surface area contributed by atoms with Crippen LogP contribution >= 0.6 is 11.6 Å². The Bertz CT molecular complexity index is 906. The third-order valence-corrected chi connectivity index (χ3v) is 4.55. The molecule has 1 aliphatic heterocycles. The Hall–Kier alpha value is -2.67. The first-order valence-corrected chi connectivity index (χ1v) is 8.06. The van der Waals surface area contributed by atoms with Gasteiger partial charge in [0.2, 0.25) is 0 Å². The van der Waals surface area contributed by atoms with Crippen molar-refractivity contribution in [3.63, 3.8) is 0 Å². The number of halogens is 3. The molecule has 26 heavy (non-hydrogen) atoms. The number of hydrogen-bond acceptors (Lipinski definition) is 3. The molecular formula is C18H15ClF2N2O3. The fourth-order valence-corrected chi connectivity index (χ4v) is 3.14. The number of urea groups is 1. The standard InChI is InChI=1S/C18H15ClF2N2O3/c1-18(13-8-12(20)4-5-14(13)21)16(24)23(17(25)22-18)9-10-7-11(19)3-6-15(10)26-2/h3-8H,9H2,1-2H3,(H,22,25)/t18-/m0/s1. The average molecular weight is 381 g/mol. The molecule has 8 heteroatoms. The third kappa shape index (κ3) is 2.99. The van der Waals surface area contributed by atoms with E-state index in [-0.39, 0.29) is 12.1 Å². The molecule has 0 unspecified atom stereocenters. The fraction of sp³-hybridized carbons (Fsp3) is 0.222. The van der Waals surface area contributed by atoms with E-state index in [0.717, 1.165) is 23.1 Å². The number of carbonyl (C=O) groups is 2. The van der Waals surface area contributed by atoms with Crippen molar-refractivity contribution in [3.8, 4) is 5.75 Å². The lowest BCUT2D eigenvalue weighted by Gasteiger charge is -2.23. The van der Waals surface area contributed by atoms with E-state index in [1.54, 1.807) is 18.2 Å². The lowest BCUT2D eigenvalue weighted by molar-refractivity contribution is -0.131. The second-order valence-electron chi connectivity index (χ2n) is 6.03. The largest absolute Gasteiger partial charge is 0.496 e. The first-order chi connectivity index (χ1) is 12.3. The molecule has 0 radical (unpaired) electrons. The maximum atomic E-state index is 14.2. The number of imide groups is 1. The zero-order valence-electron chi connectivity index (χ0n) is 14.0. The Kier molecular flexibility index (Phi) is 4.58. The number of nitrogens with zero attached hydrogens (tertiary/aromatic N) is 1. The van der Waals surface area contributed by atoms with Crippen molar-refractivity contribution in [1.29, 1.82) is 0 Å². The van der Waals surface area contributed by atoms with Gasteiger partial charge in [0, 0.05) is 16.1 Å². The van der Waals surface area contributed by atoms with Crippen LogP contribution in [0, 0.1) is 11.6 Å². The number of benzene rings is 2. The van der Waals surface area contributed by atoms with Crippen molar-refractivity contribution in [3.05, 3.63) is 64.2 Å². The molecule has 2 aromatic rings. The number of hydrogen-bond donors (Lipinski definition) is 1. The van der Waals surface area contributed by atoms with Gasteiger partial charge < -0.3 is 10.1 Å². The van der Waals surface area contributed by atoms with E-state index < -0.39 is 29.1 Å². The van der Waals surface area contributed by atoms with Crippen LogP contribution in [0.25, 0.3) is 0 Å². The van der Waals surface area contributed by atoms with Crippen LogP contribution in [-0.4, -0.2) is 23.9 Å². The van der Waals surface area contributed by atoms with Crippen LogP contribution in [-0.2, 0) is 16.9 Å². The van der Waals surface area contributed by atoms with Gasteiger partial charge >= 0.3 is 6.03 Å². The normalized spacial score (nSPS) is 19.7. The second-order valence-corrected chi connectivity index (χ2v) is 6.46. The summed E-state index contributed by atoms with van der Waals surface area (Å²) in [5.41, 5.74) is -1.45. The van der Waals surface area contributed by atoms with Crippen LogP contribution in [0.4, 0.5) is 13.6 Å². The Balaban J connectivity index is 1.97. The highest BCUT2D eigenvalue weighted by Crippen LogP contribution is 2.33. The fourth-order valence-electron chi connectivity index (χ4n) is 2.94. The first-order valence-electron chi connectivity index (χ1n) is 7.68. The second kappa shape index (κ2) is 6.57. The van der Waals surface area contributed by atoms with Crippen LogP contribution in [0.3, 0.4) is 0 Å². The molecule has 0 bridgehead atoms. The number of ether oxygens (including phenoxy) is 1. The molecule has 0 spiro atoms. The maximum absolute atomic E-state index is 14.2. The van der Waals surface area contributed by atoms with Gasteiger partial charge in [-0.1, -0.05) is 11.6 Å². The zero-order chi connectivity index (χ0) is 19.1. The lowest BCUT2D eigenvalue weighted by Crippen LogP contribution is -2.41. The minimum atomic E-state index is -1.71. The summed E-state index contributed by atoms with van der Waals surface area (Å²) in [6.07, 6.45) is 0. The number of carbonyl (C=O) groups excluding carboxylic acids is 2. The lowest BCUT2D eigenvalue weighted by atomic mass is 9.91. The predicted molar refractivity (Wildman–Crippen MR) is 90.8 cm³/mol. The van der Waals surface area contributed by atoms with E-state index in [2.05, 4.69) is 5.32 Å². The Morgan fingerprint density at radius 1 is 1.19 bits per heavy atom. The Morgan fingerprint density at radius 2 is 1.92 bits per heavy atom. The molecule has 0 aromatic heterocycles. The minimum Gasteiger partial charge on any atom is -0.496 e. The highest BCUT2D eigenvalue weighted by atomic mass is 35.5. The predicted octanol–water partition coefficient (Wildman–Crippen LogP) is 3.59. The summed E-state index contributed by atoms with van der Waals surface area (Å²) in [6, 6.07) is 6.83. The molecule has 0 aliphatic carbocycles. The van der Waals surface area contributed by atoms with Gasteiger partial charge in [-0.25, -0.2) is 13.6 Å². The summed E-state index contributed by atoms with van der Waals surface area (Å²) in [7, 11) is 1.45. The maximum Gasteiger partial charge on any atom is 0.325 e. The smallest absolute Gasteiger partial charge is 0.325 e. The van der Waals surface area contributed by atoms with E-state index in [9.17, 15) is 18.4 Å². The van der Waals surface area contributed by atoms with Crippen molar-refractivity contribution in [2.75, 3.05) is 7.11 Å². The van der Waals surface area contributed by atoms with E-state index in [1.165, 1.54) is 14.0 Å². The van der Waals surface area contributed by atoms with Crippen molar-refractivity contribution in [2.45, 2.75) is 19.0 Å². The van der Waals surface area contributed by atoms with Crippen LogP contribution in [0.5, 0.6) is 5.75 Å². The highest BCUT2D eigenvalue weighted by Gasteiger charge is 2.50. The zero-order valence-corrected chi connectivity index (χ0v) is 14.7. The molecule has 136 valence electrons. The van der Waals surface area contributed by atoms with Crippen LogP contribution in [0.2, 0.25) is 5.02 Å². The molecular weight excluding hydrogens is 366 g/mol. The van der Waals surface area contributed by atoms with Gasteiger partial charge in [-0.05, 0) is 43.3 Å². The van der Waals surface area contributed by atoms with Gasteiger partial charge in [-0.2, -0.15) is 0 Å². The molecule has 1 N–H and O–H groups in total. The van der Waals surface area contributed by atoms with Crippen LogP contribution in [0.1, 0.15) is 18.1 Å². The van der Waals surface area contributed by atoms with Gasteiger partial charge in [0.15, 0.2) is 0 Å². The monoisotopic (exact) mass is 380 g/mol. The quantitative estimate of drug-likeness (QED) is 0.824. The van der Waals surface area contributed by atoms with Gasteiger partial charge in [0.1, 0.15) is 22.9 Å².